The van der Waals surface area contributed by atoms with Crippen molar-refractivity contribution in [3.8, 4) is 0 Å². The summed E-state index contributed by atoms with van der Waals surface area (Å²) in [6.07, 6.45) is 16.6. The SMILES string of the molecule is CCCCCCCCCCOC(=O)CCCCCCCCC(=O)O.N.N. The molecule has 0 atom stereocenters. The van der Waals surface area contributed by atoms with Crippen LogP contribution < -0.4 is 12.3 Å². The van der Waals surface area contributed by atoms with Gasteiger partial charge in [0.25, 0.3) is 0 Å². The Hall–Kier alpha value is -1.14. The Kier molecular flexibility index (Phi) is 27.2. The molecule has 7 N–H and O–H groups in total. The average molecular weight is 377 g/mol. The normalized spacial score (nSPS) is 9.88. The summed E-state index contributed by atoms with van der Waals surface area (Å²) in [5.41, 5.74) is 0. The minimum Gasteiger partial charge on any atom is -0.481 e. The van der Waals surface area contributed by atoms with E-state index in [1.165, 1.54) is 38.5 Å². The topological polar surface area (TPSA) is 134 Å². The van der Waals surface area contributed by atoms with Crippen molar-refractivity contribution in [2.45, 2.75) is 110 Å². The monoisotopic (exact) mass is 376 g/mol. The minimum absolute atomic E-state index is 0. The van der Waals surface area contributed by atoms with Crippen LogP contribution in [0, 0.1) is 0 Å². The Labute approximate surface area is 160 Å². The Balaban J connectivity index is -0.00000264. The first-order valence-electron chi connectivity index (χ1n) is 10.0. The fraction of sp³-hybridized carbons (Fsp3) is 0.900. The Morgan fingerprint density at radius 2 is 1.08 bits per heavy atom. The lowest BCUT2D eigenvalue weighted by molar-refractivity contribution is -0.144. The molecule has 0 aliphatic heterocycles. The fourth-order valence-electron chi connectivity index (χ4n) is 2.75. The zero-order valence-electron chi connectivity index (χ0n) is 17.1. The lowest BCUT2D eigenvalue weighted by Gasteiger charge is -2.05. The van der Waals surface area contributed by atoms with Gasteiger partial charge in [-0.3, -0.25) is 9.59 Å². The van der Waals surface area contributed by atoms with Crippen LogP contribution in [0.5, 0.6) is 0 Å². The quantitative estimate of drug-likeness (QED) is 0.192. The molecule has 0 fully saturated rings. The number of carbonyl (C=O) groups is 2. The maximum Gasteiger partial charge on any atom is 0.305 e. The second-order valence-electron chi connectivity index (χ2n) is 6.71. The molecule has 0 saturated heterocycles. The van der Waals surface area contributed by atoms with Gasteiger partial charge in [-0.25, -0.2) is 0 Å². The highest BCUT2D eigenvalue weighted by molar-refractivity contribution is 5.69. The fourth-order valence-corrected chi connectivity index (χ4v) is 2.75. The molecule has 0 heterocycles. The van der Waals surface area contributed by atoms with Gasteiger partial charge in [0.2, 0.25) is 0 Å². The van der Waals surface area contributed by atoms with Gasteiger partial charge in [-0.2, -0.15) is 0 Å². The number of carboxylic acids is 1. The van der Waals surface area contributed by atoms with Gasteiger partial charge in [-0.15, -0.1) is 0 Å². The van der Waals surface area contributed by atoms with Gasteiger partial charge >= 0.3 is 11.9 Å². The average Bonchev–Trinajstić information content (AvgIpc) is 2.55. The van der Waals surface area contributed by atoms with Crippen LogP contribution in [0.15, 0.2) is 0 Å². The van der Waals surface area contributed by atoms with Crippen LogP contribution >= 0.6 is 0 Å². The third-order valence-corrected chi connectivity index (χ3v) is 4.28. The molecule has 0 aromatic rings. The van der Waals surface area contributed by atoms with Crippen molar-refractivity contribution >= 4 is 11.9 Å². The number of rotatable bonds is 18. The summed E-state index contributed by atoms with van der Waals surface area (Å²) in [6, 6.07) is 0. The van der Waals surface area contributed by atoms with Gasteiger partial charge in [0.15, 0.2) is 0 Å². The highest BCUT2D eigenvalue weighted by atomic mass is 16.5. The molecule has 6 nitrogen and oxygen atoms in total. The largest absolute Gasteiger partial charge is 0.481 e. The predicted molar refractivity (Wildman–Crippen MR) is 108 cm³/mol. The first kappa shape index (κ1) is 29.6. The van der Waals surface area contributed by atoms with Crippen molar-refractivity contribution in [1.82, 2.24) is 12.3 Å². The molecule has 158 valence electrons. The van der Waals surface area contributed by atoms with E-state index in [2.05, 4.69) is 6.92 Å². The first-order valence-corrected chi connectivity index (χ1v) is 10.0. The van der Waals surface area contributed by atoms with E-state index < -0.39 is 5.97 Å². The van der Waals surface area contributed by atoms with Crippen LogP contribution in [-0.2, 0) is 14.3 Å². The summed E-state index contributed by atoms with van der Waals surface area (Å²) >= 11 is 0. The molecule has 0 aliphatic carbocycles. The third kappa shape index (κ3) is 25.1. The number of hydrogen-bond donors (Lipinski definition) is 3. The van der Waals surface area contributed by atoms with Gasteiger partial charge in [-0.05, 0) is 19.3 Å². The van der Waals surface area contributed by atoms with E-state index in [-0.39, 0.29) is 24.7 Å². The number of carboxylic acid groups (broad SMARTS) is 1. The van der Waals surface area contributed by atoms with Crippen molar-refractivity contribution in [2.24, 2.45) is 0 Å². The van der Waals surface area contributed by atoms with Gasteiger partial charge in [-0.1, -0.05) is 77.6 Å². The first-order chi connectivity index (χ1) is 11.7. The Morgan fingerprint density at radius 3 is 1.58 bits per heavy atom. The maximum atomic E-state index is 11.6. The standard InChI is InChI=1S/C20H38O4.2H3N/c1-2-3-4-5-6-9-12-15-18-24-20(23)17-14-11-8-7-10-13-16-19(21)22;;/h2-18H2,1H3,(H,21,22);2*1H3. The summed E-state index contributed by atoms with van der Waals surface area (Å²) in [5.74, 6) is -0.780. The molecule has 0 unspecified atom stereocenters. The van der Waals surface area contributed by atoms with E-state index in [0.29, 0.717) is 13.0 Å². The highest BCUT2D eigenvalue weighted by Crippen LogP contribution is 2.10. The van der Waals surface area contributed by atoms with Crippen LogP contribution in [0.4, 0.5) is 0 Å². The zero-order chi connectivity index (χ0) is 17.9. The molecule has 0 radical (unpaired) electrons. The lowest BCUT2D eigenvalue weighted by Crippen LogP contribution is -2.05. The van der Waals surface area contributed by atoms with Crippen molar-refractivity contribution < 1.29 is 19.4 Å². The molecule has 0 amide bonds. The van der Waals surface area contributed by atoms with E-state index in [4.69, 9.17) is 9.84 Å². The molecule has 0 aliphatic rings. The molecular weight excluding hydrogens is 332 g/mol. The Bertz CT molecular complexity index is 312. The van der Waals surface area contributed by atoms with Crippen LogP contribution in [0.3, 0.4) is 0 Å². The van der Waals surface area contributed by atoms with Gasteiger partial charge < -0.3 is 22.1 Å². The third-order valence-electron chi connectivity index (χ3n) is 4.28. The highest BCUT2D eigenvalue weighted by Gasteiger charge is 2.02. The van der Waals surface area contributed by atoms with Crippen molar-refractivity contribution in [1.29, 1.82) is 0 Å². The van der Waals surface area contributed by atoms with E-state index in [1.54, 1.807) is 0 Å². The van der Waals surface area contributed by atoms with E-state index in [9.17, 15) is 9.59 Å². The minimum atomic E-state index is -0.714. The number of esters is 1. The van der Waals surface area contributed by atoms with E-state index >= 15 is 0 Å². The molecule has 0 rings (SSSR count). The summed E-state index contributed by atoms with van der Waals surface area (Å²) in [4.78, 5) is 21.9. The van der Waals surface area contributed by atoms with Crippen LogP contribution in [-0.4, -0.2) is 23.7 Å². The molecule has 6 heteroatoms. The number of aliphatic carboxylic acids is 1. The van der Waals surface area contributed by atoms with Gasteiger partial charge in [0, 0.05) is 12.8 Å². The second kappa shape index (κ2) is 23.9. The second-order valence-corrected chi connectivity index (χ2v) is 6.71. The summed E-state index contributed by atoms with van der Waals surface area (Å²) in [7, 11) is 0. The molecule has 26 heavy (non-hydrogen) atoms. The number of carbonyl (C=O) groups excluding carboxylic acids is 1. The smallest absolute Gasteiger partial charge is 0.305 e. The van der Waals surface area contributed by atoms with Crippen molar-refractivity contribution in [2.75, 3.05) is 6.61 Å². The number of unbranched alkanes of at least 4 members (excludes halogenated alkanes) is 12. The molecule has 0 aromatic heterocycles. The number of hydrogen-bond acceptors (Lipinski definition) is 5. The van der Waals surface area contributed by atoms with Crippen LogP contribution in [0.2, 0.25) is 0 Å². The maximum absolute atomic E-state index is 11.6. The summed E-state index contributed by atoms with van der Waals surface area (Å²) in [5, 5.41) is 8.53. The van der Waals surface area contributed by atoms with Gasteiger partial charge in [0.1, 0.15) is 0 Å². The van der Waals surface area contributed by atoms with Crippen LogP contribution in [0.1, 0.15) is 110 Å². The zero-order valence-corrected chi connectivity index (χ0v) is 17.1. The summed E-state index contributed by atoms with van der Waals surface area (Å²) < 4.78 is 5.25. The lowest BCUT2D eigenvalue weighted by atomic mass is 10.1. The van der Waals surface area contributed by atoms with Crippen LogP contribution in [0.25, 0.3) is 0 Å². The molecule has 0 saturated carbocycles. The molecular formula is C20H44N2O4. The van der Waals surface area contributed by atoms with E-state index in [1.807, 2.05) is 0 Å². The molecule has 0 bridgehead atoms. The van der Waals surface area contributed by atoms with E-state index in [0.717, 1.165) is 51.4 Å². The number of ether oxygens (including phenoxy) is 1. The van der Waals surface area contributed by atoms with Crippen molar-refractivity contribution in [3.63, 3.8) is 0 Å². The predicted octanol–water partition coefficient (Wildman–Crippen LogP) is 6.20. The molecule has 0 spiro atoms. The summed E-state index contributed by atoms with van der Waals surface area (Å²) in [6.45, 7) is 2.81. The van der Waals surface area contributed by atoms with Crippen molar-refractivity contribution in [3.05, 3.63) is 0 Å². The van der Waals surface area contributed by atoms with Gasteiger partial charge in [0.05, 0.1) is 6.61 Å². The Morgan fingerprint density at radius 1 is 0.654 bits per heavy atom. The molecule has 0 aromatic carbocycles.